The molecule has 1 N–H and O–H groups in total. The highest BCUT2D eigenvalue weighted by molar-refractivity contribution is 5.78. The molecular formula is C29H39N3O3. The summed E-state index contributed by atoms with van der Waals surface area (Å²) in [5.74, 6) is 0.806. The first-order valence-corrected chi connectivity index (χ1v) is 12.9. The van der Waals surface area contributed by atoms with Crippen molar-refractivity contribution in [1.29, 1.82) is 0 Å². The van der Waals surface area contributed by atoms with Gasteiger partial charge in [-0.2, -0.15) is 0 Å². The minimum Gasteiger partial charge on any atom is -0.497 e. The summed E-state index contributed by atoms with van der Waals surface area (Å²) in [7, 11) is 6.02. The molecule has 6 nitrogen and oxygen atoms in total. The second kappa shape index (κ2) is 9.14. The fourth-order valence-corrected chi connectivity index (χ4v) is 6.57. The summed E-state index contributed by atoms with van der Waals surface area (Å²) in [6.45, 7) is 1.71. The van der Waals surface area contributed by atoms with Crippen LogP contribution in [-0.4, -0.2) is 71.3 Å². The molecule has 6 heteroatoms. The Morgan fingerprint density at radius 1 is 0.971 bits per heavy atom. The first-order chi connectivity index (χ1) is 16.8. The molecule has 0 radical (unpaired) electrons. The fourth-order valence-electron chi connectivity index (χ4n) is 6.57. The minimum absolute atomic E-state index is 0.0329. The van der Waals surface area contributed by atoms with E-state index >= 15 is 0 Å². The minimum atomic E-state index is -0.732. The molecule has 2 aromatic rings. The van der Waals surface area contributed by atoms with Gasteiger partial charge in [0.2, 0.25) is 0 Å². The van der Waals surface area contributed by atoms with E-state index < -0.39 is 5.60 Å². The van der Waals surface area contributed by atoms with E-state index in [1.807, 2.05) is 23.1 Å². The summed E-state index contributed by atoms with van der Waals surface area (Å²) < 4.78 is 5.40. The van der Waals surface area contributed by atoms with E-state index in [1.54, 1.807) is 7.11 Å². The Bertz CT molecular complexity index is 1040. The maximum atomic E-state index is 13.8. The topological polar surface area (TPSA) is 56.3 Å². The number of aliphatic hydroxyl groups is 1. The summed E-state index contributed by atoms with van der Waals surface area (Å²) in [6, 6.07) is 18.8. The molecule has 1 aliphatic heterocycles. The van der Waals surface area contributed by atoms with Gasteiger partial charge in [0.05, 0.1) is 24.8 Å². The molecule has 1 saturated heterocycles. The average Bonchev–Trinajstić information content (AvgIpc) is 3.09. The van der Waals surface area contributed by atoms with Gasteiger partial charge in [-0.1, -0.05) is 42.5 Å². The second-order valence-electron chi connectivity index (χ2n) is 11.2. The SMILES string of the molecule is COc1cccc(CN2C[C@]3(CC[C@](c4ccccc4)(N(C)C)CC3)N(CC3(O)CCC3)C2=O)c1. The molecule has 2 aliphatic carbocycles. The Labute approximate surface area is 209 Å². The number of benzene rings is 2. The van der Waals surface area contributed by atoms with Crippen LogP contribution >= 0.6 is 0 Å². The van der Waals surface area contributed by atoms with Gasteiger partial charge in [-0.3, -0.25) is 4.90 Å². The first-order valence-electron chi connectivity index (χ1n) is 12.9. The standard InChI is InChI=1S/C29H39N3O3/c1-30(2)29(24-10-5-4-6-11-24)17-15-27(16-18-29)21-31(20-23-9-7-12-25(19-23)35-3)26(33)32(27)22-28(34)13-8-14-28/h4-7,9-12,19,34H,8,13-18,20-22H2,1-3H3/t27-,29+. The number of β-amino-alcohol motifs (C(OH)–C–C–N with tert-alkyl or cyclic N) is 1. The zero-order valence-corrected chi connectivity index (χ0v) is 21.4. The van der Waals surface area contributed by atoms with Gasteiger partial charge in [-0.15, -0.1) is 0 Å². The van der Waals surface area contributed by atoms with E-state index in [0.29, 0.717) is 19.6 Å². The van der Waals surface area contributed by atoms with Crippen molar-refractivity contribution < 1.29 is 14.6 Å². The molecule has 0 atom stereocenters. The van der Waals surface area contributed by atoms with Crippen LogP contribution in [0.25, 0.3) is 0 Å². The number of nitrogens with zero attached hydrogens (tertiary/aromatic N) is 3. The maximum absolute atomic E-state index is 13.8. The number of urea groups is 1. The van der Waals surface area contributed by atoms with Crippen molar-refractivity contribution in [3.8, 4) is 5.75 Å². The lowest BCUT2D eigenvalue weighted by Gasteiger charge is -2.52. The van der Waals surface area contributed by atoms with Crippen molar-refractivity contribution in [2.75, 3.05) is 34.3 Å². The Morgan fingerprint density at radius 3 is 2.29 bits per heavy atom. The largest absolute Gasteiger partial charge is 0.497 e. The second-order valence-corrected chi connectivity index (χ2v) is 11.2. The average molecular weight is 478 g/mol. The van der Waals surface area contributed by atoms with Gasteiger partial charge in [0.25, 0.3) is 0 Å². The van der Waals surface area contributed by atoms with Crippen LogP contribution in [0.3, 0.4) is 0 Å². The van der Waals surface area contributed by atoms with Crippen LogP contribution in [0.1, 0.15) is 56.1 Å². The molecule has 2 saturated carbocycles. The number of rotatable bonds is 7. The molecule has 1 spiro atoms. The molecule has 0 bridgehead atoms. The van der Waals surface area contributed by atoms with Crippen LogP contribution in [0.15, 0.2) is 54.6 Å². The molecule has 2 aromatic carbocycles. The van der Waals surface area contributed by atoms with Crippen molar-refractivity contribution in [1.82, 2.24) is 14.7 Å². The molecule has 2 amide bonds. The lowest BCUT2D eigenvalue weighted by atomic mass is 9.67. The lowest BCUT2D eigenvalue weighted by molar-refractivity contribution is -0.0725. The highest BCUT2D eigenvalue weighted by atomic mass is 16.5. The Hall–Kier alpha value is -2.57. The summed E-state index contributed by atoms with van der Waals surface area (Å²) in [5.41, 5.74) is 1.41. The van der Waals surface area contributed by atoms with E-state index in [9.17, 15) is 9.90 Å². The Morgan fingerprint density at radius 2 is 1.69 bits per heavy atom. The molecule has 0 unspecified atom stereocenters. The molecule has 1 heterocycles. The van der Waals surface area contributed by atoms with E-state index in [4.69, 9.17) is 4.74 Å². The number of methoxy groups -OCH3 is 1. The monoisotopic (exact) mass is 477 g/mol. The first kappa shape index (κ1) is 24.1. The number of amides is 2. The van der Waals surface area contributed by atoms with Crippen LogP contribution in [0.2, 0.25) is 0 Å². The number of ether oxygens (including phenoxy) is 1. The summed E-state index contributed by atoms with van der Waals surface area (Å²) in [6.07, 6.45) is 6.44. The number of carbonyl (C=O) groups is 1. The van der Waals surface area contributed by atoms with Gasteiger partial charge in [0, 0.05) is 18.6 Å². The molecule has 188 valence electrons. The molecule has 3 fully saturated rings. The van der Waals surface area contributed by atoms with Crippen molar-refractivity contribution >= 4 is 6.03 Å². The predicted octanol–water partition coefficient (Wildman–Crippen LogP) is 4.62. The van der Waals surface area contributed by atoms with Crippen LogP contribution < -0.4 is 4.74 Å². The number of carbonyl (C=O) groups excluding carboxylic acids is 1. The summed E-state index contributed by atoms with van der Waals surface area (Å²) >= 11 is 0. The van der Waals surface area contributed by atoms with Crippen molar-refractivity contribution in [2.24, 2.45) is 0 Å². The summed E-state index contributed by atoms with van der Waals surface area (Å²) in [5, 5.41) is 11.1. The van der Waals surface area contributed by atoms with Gasteiger partial charge in [-0.05, 0) is 82.3 Å². The number of hydrogen-bond acceptors (Lipinski definition) is 4. The van der Waals surface area contributed by atoms with Gasteiger partial charge in [0.15, 0.2) is 0 Å². The van der Waals surface area contributed by atoms with Gasteiger partial charge < -0.3 is 19.6 Å². The van der Waals surface area contributed by atoms with E-state index in [1.165, 1.54) is 5.56 Å². The molecule has 5 rings (SSSR count). The molecule has 35 heavy (non-hydrogen) atoms. The maximum Gasteiger partial charge on any atom is 0.321 e. The van der Waals surface area contributed by atoms with Crippen molar-refractivity contribution in [3.63, 3.8) is 0 Å². The van der Waals surface area contributed by atoms with E-state index in [-0.39, 0.29) is 17.1 Å². The Balaban J connectivity index is 1.42. The Kier molecular flexibility index (Phi) is 6.30. The van der Waals surface area contributed by atoms with Crippen LogP contribution in [0.4, 0.5) is 4.79 Å². The van der Waals surface area contributed by atoms with Crippen LogP contribution in [-0.2, 0) is 12.1 Å². The molecule has 0 aromatic heterocycles. The number of hydrogen-bond donors (Lipinski definition) is 1. The van der Waals surface area contributed by atoms with E-state index in [2.05, 4.69) is 60.3 Å². The van der Waals surface area contributed by atoms with Crippen LogP contribution in [0, 0.1) is 0 Å². The molecule has 3 aliphatic rings. The van der Waals surface area contributed by atoms with Crippen molar-refractivity contribution in [3.05, 3.63) is 65.7 Å². The highest BCUT2D eigenvalue weighted by Crippen LogP contribution is 2.50. The predicted molar refractivity (Wildman–Crippen MR) is 137 cm³/mol. The third-order valence-electron chi connectivity index (χ3n) is 8.98. The van der Waals surface area contributed by atoms with Gasteiger partial charge in [-0.25, -0.2) is 4.79 Å². The van der Waals surface area contributed by atoms with Gasteiger partial charge >= 0.3 is 6.03 Å². The summed E-state index contributed by atoms with van der Waals surface area (Å²) in [4.78, 5) is 20.2. The quantitative estimate of drug-likeness (QED) is 0.632. The molecular weight excluding hydrogens is 438 g/mol. The highest BCUT2D eigenvalue weighted by Gasteiger charge is 2.56. The normalized spacial score (nSPS) is 28.0. The third kappa shape index (κ3) is 4.31. The van der Waals surface area contributed by atoms with Crippen molar-refractivity contribution in [2.45, 2.75) is 68.2 Å². The zero-order valence-electron chi connectivity index (χ0n) is 21.4. The fraction of sp³-hybridized carbons (Fsp3) is 0.552. The zero-order chi connectivity index (χ0) is 24.7. The smallest absolute Gasteiger partial charge is 0.321 e. The van der Waals surface area contributed by atoms with Gasteiger partial charge in [0.1, 0.15) is 5.75 Å². The van der Waals surface area contributed by atoms with E-state index in [0.717, 1.165) is 56.3 Å². The lowest BCUT2D eigenvalue weighted by Crippen LogP contribution is -2.59. The van der Waals surface area contributed by atoms with Crippen LogP contribution in [0.5, 0.6) is 5.75 Å². The third-order valence-corrected chi connectivity index (χ3v) is 8.98.